The summed E-state index contributed by atoms with van der Waals surface area (Å²) in [6, 6.07) is 7.68. The van der Waals surface area contributed by atoms with E-state index in [1.54, 1.807) is 12.2 Å². The van der Waals surface area contributed by atoms with Gasteiger partial charge in [0, 0.05) is 0 Å². The zero-order valence-electron chi connectivity index (χ0n) is 7.62. The van der Waals surface area contributed by atoms with Crippen molar-refractivity contribution in [3.8, 4) is 0 Å². The van der Waals surface area contributed by atoms with Crippen molar-refractivity contribution in [3.05, 3.63) is 48.6 Å². The fourth-order valence-corrected chi connectivity index (χ4v) is 0.766. The van der Waals surface area contributed by atoms with E-state index in [9.17, 15) is 0 Å². The minimum atomic E-state index is 0. The fraction of sp³-hybridized carbons (Fsp3) is 0. The van der Waals surface area contributed by atoms with E-state index in [2.05, 4.69) is 0 Å². The average molecular weight is 142 g/mol. The van der Waals surface area contributed by atoms with Gasteiger partial charge in [-0.3, -0.25) is 13.2 Å². The van der Waals surface area contributed by atoms with Crippen LogP contribution in [0.5, 0.6) is 0 Å². The Hall–Kier alpha value is -0.105. The van der Waals surface area contributed by atoms with Gasteiger partial charge in [0.05, 0.1) is 0 Å². The Morgan fingerprint density at radius 1 is 0.917 bits per heavy atom. The predicted octanol–water partition coefficient (Wildman–Crippen LogP) is -3.41. The zero-order valence-corrected chi connectivity index (χ0v) is 7.62. The summed E-state index contributed by atoms with van der Waals surface area (Å²) in [5.74, 6) is 0. The summed E-state index contributed by atoms with van der Waals surface area (Å²) in [7, 11) is 0. The Bertz CT molecular complexity index is 231. The predicted molar refractivity (Wildman–Crippen MR) is 44.0 cm³/mol. The van der Waals surface area contributed by atoms with Crippen molar-refractivity contribution >= 4 is 12.2 Å². The zero-order chi connectivity index (χ0) is 7.40. The smallest absolute Gasteiger partial charge is 0.292 e. The molecule has 0 unspecified atom stereocenters. The van der Waals surface area contributed by atoms with E-state index >= 15 is 0 Å². The van der Waals surface area contributed by atoms with Crippen molar-refractivity contribution < 1.29 is 37.7 Å². The van der Waals surface area contributed by atoms with Gasteiger partial charge in [-0.05, 0) is 0 Å². The molecule has 50 valence electrons. The van der Waals surface area contributed by atoms with Crippen LogP contribution in [-0.4, -0.2) is 0 Å². The van der Waals surface area contributed by atoms with E-state index in [0.29, 0.717) is 0 Å². The van der Waals surface area contributed by atoms with E-state index < -0.39 is 0 Å². The maximum absolute atomic E-state index is 5.29. The molecule has 2 heteroatoms. The number of benzene rings is 1. The maximum atomic E-state index is 5.29. The van der Waals surface area contributed by atoms with Crippen LogP contribution in [0.25, 0.3) is 12.2 Å². The van der Waals surface area contributed by atoms with Gasteiger partial charge in [0.15, 0.2) is 0 Å². The Morgan fingerprint density at radius 3 is 1.67 bits per heavy atom. The molecule has 0 spiro atoms. The second-order valence-electron chi connectivity index (χ2n) is 2.00. The summed E-state index contributed by atoms with van der Waals surface area (Å²) in [5, 5.41) is 0. The van der Waals surface area contributed by atoms with Gasteiger partial charge in [0.1, 0.15) is 0 Å². The van der Waals surface area contributed by atoms with Crippen LogP contribution in [0, 0.1) is 13.2 Å². The van der Waals surface area contributed by atoms with E-state index in [-0.39, 0.29) is 37.7 Å². The molecule has 0 heterocycles. The van der Waals surface area contributed by atoms with Crippen LogP contribution in [0.2, 0.25) is 0 Å². The molecule has 0 nitrogen and oxygen atoms in total. The van der Waals surface area contributed by atoms with Gasteiger partial charge in [-0.1, -0.05) is 6.07 Å². The average Bonchev–Trinajstić information content (AvgIpc) is 2.05. The topological polar surface area (TPSA) is 0 Å². The van der Waals surface area contributed by atoms with E-state index in [0.717, 1.165) is 11.1 Å². The monoisotopic (exact) mass is 142 g/mol. The minimum Gasteiger partial charge on any atom is -0.292 e. The molecule has 0 amide bonds. The van der Waals surface area contributed by atoms with Crippen molar-refractivity contribution in [2.45, 2.75) is 0 Å². The summed E-state index contributed by atoms with van der Waals surface area (Å²) < 4.78 is 0. The van der Waals surface area contributed by atoms with Gasteiger partial charge in [-0.2, -0.15) is 11.1 Å². The van der Waals surface area contributed by atoms with Crippen LogP contribution in [0.1, 0.15) is 11.1 Å². The molecule has 1 rings (SSSR count). The molecule has 0 fully saturated rings. The second kappa shape index (κ2) is 7.54. The largest absolute Gasteiger partial charge is 1.00 e. The molecular weight excluding hydrogens is 134 g/mol. The molecular formula is C10H8Li2. The van der Waals surface area contributed by atoms with E-state index in [4.69, 9.17) is 13.2 Å². The summed E-state index contributed by atoms with van der Waals surface area (Å²) in [6.45, 7) is 10.6. The van der Waals surface area contributed by atoms with E-state index in [1.165, 1.54) is 0 Å². The molecule has 0 aliphatic rings. The molecule has 0 N–H and O–H groups in total. The van der Waals surface area contributed by atoms with Gasteiger partial charge in [-0.15, -0.1) is 12.1 Å². The number of hydrogen-bond donors (Lipinski definition) is 0. The van der Waals surface area contributed by atoms with Crippen molar-refractivity contribution in [2.75, 3.05) is 0 Å². The third kappa shape index (κ3) is 4.05. The molecule has 0 aliphatic heterocycles. The molecule has 0 saturated carbocycles. The fourth-order valence-electron chi connectivity index (χ4n) is 0.766. The van der Waals surface area contributed by atoms with Crippen LogP contribution in [0.4, 0.5) is 0 Å². The molecule has 0 bridgehead atoms. The molecule has 0 aliphatic carbocycles. The van der Waals surface area contributed by atoms with Crippen LogP contribution >= 0.6 is 0 Å². The third-order valence-electron chi connectivity index (χ3n) is 1.30. The Kier molecular flexibility index (Phi) is 9.06. The van der Waals surface area contributed by atoms with Gasteiger partial charge in [0.2, 0.25) is 0 Å². The van der Waals surface area contributed by atoms with Crippen LogP contribution in [0.15, 0.2) is 24.3 Å². The summed E-state index contributed by atoms with van der Waals surface area (Å²) in [5.41, 5.74) is 1.97. The number of rotatable bonds is 2. The van der Waals surface area contributed by atoms with E-state index in [1.807, 2.05) is 24.3 Å². The van der Waals surface area contributed by atoms with Crippen LogP contribution < -0.4 is 37.7 Å². The molecule has 0 radical (unpaired) electrons. The first-order chi connectivity index (χ1) is 4.86. The minimum absolute atomic E-state index is 0. The normalized spacial score (nSPS) is 7.33. The molecule has 1 aromatic carbocycles. The first kappa shape index (κ1) is 14.4. The maximum Gasteiger partial charge on any atom is 1.00 e. The molecule has 12 heavy (non-hydrogen) atoms. The van der Waals surface area contributed by atoms with Gasteiger partial charge >= 0.3 is 37.7 Å². The standard InChI is InChI=1S/C10H8.2Li/c1-3-9-6-5-7-10(4-2)8-9;;/h1-8H;;/q-2;2*+1. The van der Waals surface area contributed by atoms with Crippen molar-refractivity contribution in [3.63, 3.8) is 0 Å². The quantitative estimate of drug-likeness (QED) is 0.298. The summed E-state index contributed by atoms with van der Waals surface area (Å²) in [6.07, 6.45) is 3.10. The van der Waals surface area contributed by atoms with Gasteiger partial charge < -0.3 is 0 Å². The molecule has 0 saturated heterocycles. The SMILES string of the molecule is [CH-]=Cc1cccc(C=[CH-])c1.[Li+].[Li+]. The second-order valence-corrected chi connectivity index (χ2v) is 2.00. The van der Waals surface area contributed by atoms with Gasteiger partial charge in [-0.25, -0.2) is 18.2 Å². The van der Waals surface area contributed by atoms with Crippen molar-refractivity contribution in [2.24, 2.45) is 0 Å². The van der Waals surface area contributed by atoms with Gasteiger partial charge in [0.25, 0.3) is 0 Å². The van der Waals surface area contributed by atoms with Crippen LogP contribution in [0.3, 0.4) is 0 Å². The Morgan fingerprint density at radius 2 is 1.33 bits per heavy atom. The summed E-state index contributed by atoms with van der Waals surface area (Å²) in [4.78, 5) is 0. The summed E-state index contributed by atoms with van der Waals surface area (Å²) >= 11 is 0. The molecule has 0 atom stereocenters. The Labute approximate surface area is 98.1 Å². The van der Waals surface area contributed by atoms with Crippen LogP contribution in [-0.2, 0) is 0 Å². The first-order valence-electron chi connectivity index (χ1n) is 3.07. The molecule has 1 aromatic rings. The first-order valence-corrected chi connectivity index (χ1v) is 3.07. The Balaban J connectivity index is 0. The number of hydrogen-bond acceptors (Lipinski definition) is 0. The van der Waals surface area contributed by atoms with Crippen molar-refractivity contribution in [1.82, 2.24) is 0 Å². The van der Waals surface area contributed by atoms with Crippen molar-refractivity contribution in [1.29, 1.82) is 0 Å². The third-order valence-corrected chi connectivity index (χ3v) is 1.30. The molecule has 0 aromatic heterocycles.